The second kappa shape index (κ2) is 6.65. The van der Waals surface area contributed by atoms with Crippen molar-refractivity contribution in [1.82, 2.24) is 0 Å². The van der Waals surface area contributed by atoms with Crippen LogP contribution in [0.2, 0.25) is 0 Å². The number of carbonyl (C=O) groups excluding carboxylic acids is 1. The van der Waals surface area contributed by atoms with Gasteiger partial charge in [-0.3, -0.25) is 4.79 Å². The van der Waals surface area contributed by atoms with Gasteiger partial charge in [0.1, 0.15) is 5.75 Å². The van der Waals surface area contributed by atoms with Crippen LogP contribution in [0.1, 0.15) is 0 Å². The lowest BCUT2D eigenvalue weighted by atomic mass is 10.2. The number of nitrogens with one attached hydrogen (secondary N) is 1. The van der Waals surface area contributed by atoms with E-state index in [0.29, 0.717) is 17.1 Å². The van der Waals surface area contributed by atoms with Crippen LogP contribution >= 0.6 is 0 Å². The van der Waals surface area contributed by atoms with Crippen molar-refractivity contribution < 1.29 is 9.53 Å². The molecule has 0 aliphatic heterocycles. The second-order valence-electron chi connectivity index (χ2n) is 4.69. The lowest BCUT2D eigenvalue weighted by molar-refractivity contribution is -0.114. The van der Waals surface area contributed by atoms with Gasteiger partial charge in [0.2, 0.25) is 5.91 Å². The Hall–Kier alpha value is -2.69. The lowest BCUT2D eigenvalue weighted by Crippen LogP contribution is -2.30. The Bertz CT molecular complexity index is 614. The highest BCUT2D eigenvalue weighted by atomic mass is 16.5. The van der Waals surface area contributed by atoms with E-state index in [0.717, 1.165) is 5.69 Å². The summed E-state index contributed by atoms with van der Waals surface area (Å²) in [6, 6.07) is 14.9. The highest BCUT2D eigenvalue weighted by Crippen LogP contribution is 2.24. The van der Waals surface area contributed by atoms with Crippen molar-refractivity contribution >= 4 is 23.0 Å². The fourth-order valence-corrected chi connectivity index (χ4v) is 1.96. The fraction of sp³-hybridized carbons (Fsp3) is 0.188. The highest BCUT2D eigenvalue weighted by molar-refractivity contribution is 5.96. The van der Waals surface area contributed by atoms with Gasteiger partial charge in [0.15, 0.2) is 0 Å². The van der Waals surface area contributed by atoms with Crippen molar-refractivity contribution in [2.75, 3.05) is 36.7 Å². The van der Waals surface area contributed by atoms with Crippen LogP contribution in [0, 0.1) is 0 Å². The third-order valence-electron chi connectivity index (χ3n) is 3.11. The Kier molecular flexibility index (Phi) is 4.66. The van der Waals surface area contributed by atoms with Gasteiger partial charge in [0, 0.05) is 18.8 Å². The molecule has 0 bridgehead atoms. The van der Waals surface area contributed by atoms with E-state index >= 15 is 0 Å². The van der Waals surface area contributed by atoms with Gasteiger partial charge >= 0.3 is 0 Å². The molecule has 5 nitrogen and oxygen atoms in total. The summed E-state index contributed by atoms with van der Waals surface area (Å²) in [4.78, 5) is 13.9. The molecule has 0 aliphatic carbocycles. The van der Waals surface area contributed by atoms with Gasteiger partial charge in [-0.1, -0.05) is 18.2 Å². The average Bonchev–Trinajstić information content (AvgIpc) is 2.50. The molecule has 0 spiro atoms. The largest absolute Gasteiger partial charge is 0.497 e. The number of ether oxygens (including phenoxy) is 1. The zero-order chi connectivity index (χ0) is 15.2. The van der Waals surface area contributed by atoms with Crippen LogP contribution in [0.5, 0.6) is 5.75 Å². The minimum atomic E-state index is -0.127. The number of hydrogen-bond donors (Lipinski definition) is 2. The number of methoxy groups -OCH3 is 1. The maximum atomic E-state index is 12.1. The quantitative estimate of drug-likeness (QED) is 0.828. The number of nitrogen functional groups attached to an aromatic ring is 1. The van der Waals surface area contributed by atoms with Crippen LogP contribution < -0.4 is 20.7 Å². The molecule has 0 saturated carbocycles. The SMILES string of the molecule is COc1ccc(NC(=O)CN(C)c2ccccc2)c(N)c1. The summed E-state index contributed by atoms with van der Waals surface area (Å²) in [5, 5.41) is 2.80. The summed E-state index contributed by atoms with van der Waals surface area (Å²) in [6.45, 7) is 0.246. The molecular weight excluding hydrogens is 266 g/mol. The summed E-state index contributed by atoms with van der Waals surface area (Å²) >= 11 is 0. The third kappa shape index (κ3) is 3.89. The Morgan fingerprint density at radius 3 is 2.57 bits per heavy atom. The van der Waals surface area contributed by atoms with Crippen LogP contribution in [0.4, 0.5) is 17.1 Å². The monoisotopic (exact) mass is 285 g/mol. The molecule has 110 valence electrons. The van der Waals surface area contributed by atoms with Crippen LogP contribution in [-0.2, 0) is 4.79 Å². The third-order valence-corrected chi connectivity index (χ3v) is 3.11. The molecule has 0 atom stereocenters. The molecule has 5 heteroatoms. The molecule has 0 unspecified atom stereocenters. The van der Waals surface area contributed by atoms with E-state index < -0.39 is 0 Å². The predicted molar refractivity (Wildman–Crippen MR) is 85.7 cm³/mol. The van der Waals surface area contributed by atoms with Gasteiger partial charge in [-0.05, 0) is 24.3 Å². The zero-order valence-corrected chi connectivity index (χ0v) is 12.2. The van der Waals surface area contributed by atoms with E-state index in [-0.39, 0.29) is 12.5 Å². The van der Waals surface area contributed by atoms with E-state index in [1.54, 1.807) is 25.3 Å². The fourth-order valence-electron chi connectivity index (χ4n) is 1.96. The molecule has 3 N–H and O–H groups in total. The minimum absolute atomic E-state index is 0.127. The molecule has 2 aromatic rings. The normalized spacial score (nSPS) is 10.0. The Labute approximate surface area is 124 Å². The number of hydrogen-bond acceptors (Lipinski definition) is 4. The number of nitrogens with two attached hydrogens (primary N) is 1. The molecule has 0 heterocycles. The first-order valence-electron chi connectivity index (χ1n) is 6.59. The maximum absolute atomic E-state index is 12.1. The number of likely N-dealkylation sites (N-methyl/N-ethyl adjacent to an activating group) is 1. The maximum Gasteiger partial charge on any atom is 0.243 e. The second-order valence-corrected chi connectivity index (χ2v) is 4.69. The Balaban J connectivity index is 1.99. The molecule has 1 amide bonds. The van der Waals surface area contributed by atoms with Crippen LogP contribution in [0.15, 0.2) is 48.5 Å². The minimum Gasteiger partial charge on any atom is -0.497 e. The van der Waals surface area contributed by atoms with Gasteiger partial charge in [0.25, 0.3) is 0 Å². The molecule has 0 radical (unpaired) electrons. The Morgan fingerprint density at radius 1 is 1.24 bits per heavy atom. The molecule has 0 fully saturated rings. The van der Waals surface area contributed by atoms with Gasteiger partial charge in [-0.2, -0.15) is 0 Å². The standard InChI is InChI=1S/C16H19N3O2/c1-19(12-6-4-3-5-7-12)11-16(20)18-15-9-8-13(21-2)10-14(15)17/h3-10H,11,17H2,1-2H3,(H,18,20). The van der Waals surface area contributed by atoms with Crippen molar-refractivity contribution in [3.05, 3.63) is 48.5 Å². The van der Waals surface area contributed by atoms with Gasteiger partial charge in [-0.15, -0.1) is 0 Å². The number of anilines is 3. The van der Waals surface area contributed by atoms with E-state index in [2.05, 4.69) is 5.32 Å². The Morgan fingerprint density at radius 2 is 1.95 bits per heavy atom. The summed E-state index contributed by atoms with van der Waals surface area (Å²) in [5.41, 5.74) is 7.92. The number of para-hydroxylation sites is 1. The number of benzene rings is 2. The van der Waals surface area contributed by atoms with Gasteiger partial charge < -0.3 is 20.7 Å². The van der Waals surface area contributed by atoms with E-state index in [1.807, 2.05) is 42.3 Å². The van der Waals surface area contributed by atoms with Crippen molar-refractivity contribution in [1.29, 1.82) is 0 Å². The van der Waals surface area contributed by atoms with E-state index in [9.17, 15) is 4.79 Å². The topological polar surface area (TPSA) is 67.6 Å². The molecule has 0 aliphatic rings. The molecule has 0 saturated heterocycles. The van der Waals surface area contributed by atoms with Crippen LogP contribution in [-0.4, -0.2) is 26.6 Å². The molecular formula is C16H19N3O2. The summed E-state index contributed by atoms with van der Waals surface area (Å²) < 4.78 is 5.08. The summed E-state index contributed by atoms with van der Waals surface area (Å²) in [6.07, 6.45) is 0. The highest BCUT2D eigenvalue weighted by Gasteiger charge is 2.09. The zero-order valence-electron chi connectivity index (χ0n) is 12.2. The van der Waals surface area contributed by atoms with Gasteiger partial charge in [0.05, 0.1) is 25.0 Å². The molecule has 21 heavy (non-hydrogen) atoms. The first kappa shape index (κ1) is 14.7. The van der Waals surface area contributed by atoms with E-state index in [4.69, 9.17) is 10.5 Å². The van der Waals surface area contributed by atoms with Crippen LogP contribution in [0.3, 0.4) is 0 Å². The number of rotatable bonds is 5. The molecule has 2 rings (SSSR count). The number of amides is 1. The first-order chi connectivity index (χ1) is 10.1. The van der Waals surface area contributed by atoms with Gasteiger partial charge in [-0.25, -0.2) is 0 Å². The number of carbonyl (C=O) groups is 1. The first-order valence-corrected chi connectivity index (χ1v) is 6.59. The van der Waals surface area contributed by atoms with Crippen molar-refractivity contribution in [3.8, 4) is 5.75 Å². The van der Waals surface area contributed by atoms with Crippen molar-refractivity contribution in [2.45, 2.75) is 0 Å². The molecule has 0 aromatic heterocycles. The van der Waals surface area contributed by atoms with Crippen LogP contribution in [0.25, 0.3) is 0 Å². The summed E-state index contributed by atoms with van der Waals surface area (Å²) in [7, 11) is 3.44. The predicted octanol–water partition coefficient (Wildman–Crippen LogP) is 2.35. The van der Waals surface area contributed by atoms with Crippen molar-refractivity contribution in [2.24, 2.45) is 0 Å². The lowest BCUT2D eigenvalue weighted by Gasteiger charge is -2.19. The summed E-state index contributed by atoms with van der Waals surface area (Å²) in [5.74, 6) is 0.533. The average molecular weight is 285 g/mol. The van der Waals surface area contributed by atoms with Crippen molar-refractivity contribution in [3.63, 3.8) is 0 Å². The smallest absolute Gasteiger partial charge is 0.243 e. The molecule has 2 aromatic carbocycles. The van der Waals surface area contributed by atoms with E-state index in [1.165, 1.54) is 0 Å². The number of nitrogens with zero attached hydrogens (tertiary/aromatic N) is 1.